The molecule has 0 aromatic heterocycles. The Morgan fingerprint density at radius 3 is 2.63 bits per heavy atom. The lowest BCUT2D eigenvalue weighted by molar-refractivity contribution is 0.408. The van der Waals surface area contributed by atoms with Gasteiger partial charge in [0.25, 0.3) is 0 Å². The van der Waals surface area contributed by atoms with Crippen molar-refractivity contribution in [2.45, 2.75) is 39.0 Å². The second kappa shape index (κ2) is 8.94. The molecule has 3 nitrogen and oxygen atoms in total. The van der Waals surface area contributed by atoms with Gasteiger partial charge in [0, 0.05) is 0 Å². The van der Waals surface area contributed by atoms with Gasteiger partial charge in [0.05, 0.1) is 7.11 Å². The van der Waals surface area contributed by atoms with Crippen LogP contribution in [0.2, 0.25) is 0 Å². The zero-order valence-electron chi connectivity index (χ0n) is 12.5. The highest BCUT2D eigenvalue weighted by molar-refractivity contribution is 5.38. The van der Waals surface area contributed by atoms with Crippen LogP contribution in [0.25, 0.3) is 0 Å². The molecule has 0 atom stereocenters. The van der Waals surface area contributed by atoms with E-state index in [1.54, 1.807) is 7.11 Å². The van der Waals surface area contributed by atoms with E-state index in [1.807, 2.05) is 0 Å². The molecule has 0 amide bonds. The monoisotopic (exact) mass is 264 g/mol. The summed E-state index contributed by atoms with van der Waals surface area (Å²) in [7, 11) is 1.75. The largest absolute Gasteiger partial charge is 0.496 e. The first-order valence-corrected chi connectivity index (χ1v) is 7.26. The molecule has 0 bridgehead atoms. The lowest BCUT2D eigenvalue weighted by Crippen LogP contribution is -2.19. The van der Waals surface area contributed by atoms with E-state index in [4.69, 9.17) is 10.5 Å². The van der Waals surface area contributed by atoms with Crippen molar-refractivity contribution in [2.24, 2.45) is 5.73 Å². The minimum atomic E-state index is 0.539. The van der Waals surface area contributed by atoms with Crippen LogP contribution in [0.1, 0.15) is 43.7 Å². The minimum absolute atomic E-state index is 0.539. The standard InChI is InChI=1S/C16H28N2O/c1-13(2)15-7-6-14(16(12-15)19-3)8-11-18-10-5-4-9-17/h6-7,12-13,18H,4-5,8-11,17H2,1-3H3. The normalized spacial score (nSPS) is 11.0. The summed E-state index contributed by atoms with van der Waals surface area (Å²) in [6.45, 7) is 7.22. The molecule has 108 valence electrons. The zero-order chi connectivity index (χ0) is 14.1. The molecule has 0 unspecified atom stereocenters. The summed E-state index contributed by atoms with van der Waals surface area (Å²) in [5, 5.41) is 3.45. The van der Waals surface area contributed by atoms with Gasteiger partial charge in [0.15, 0.2) is 0 Å². The molecular weight excluding hydrogens is 236 g/mol. The van der Waals surface area contributed by atoms with Crippen molar-refractivity contribution in [3.8, 4) is 5.75 Å². The molecule has 0 saturated carbocycles. The number of benzene rings is 1. The molecule has 0 aliphatic carbocycles. The predicted molar refractivity (Wildman–Crippen MR) is 81.9 cm³/mol. The van der Waals surface area contributed by atoms with Crippen molar-refractivity contribution in [3.63, 3.8) is 0 Å². The van der Waals surface area contributed by atoms with Crippen molar-refractivity contribution in [1.29, 1.82) is 0 Å². The lowest BCUT2D eigenvalue weighted by atomic mass is 10.00. The minimum Gasteiger partial charge on any atom is -0.496 e. The van der Waals surface area contributed by atoms with Crippen molar-refractivity contribution in [3.05, 3.63) is 29.3 Å². The number of unbranched alkanes of at least 4 members (excludes halogenated alkanes) is 1. The Labute approximate surface area is 117 Å². The van der Waals surface area contributed by atoms with Crippen molar-refractivity contribution in [1.82, 2.24) is 5.32 Å². The number of methoxy groups -OCH3 is 1. The first-order chi connectivity index (χ1) is 9.19. The Hall–Kier alpha value is -1.06. The Bertz CT molecular complexity index is 364. The molecule has 0 radical (unpaired) electrons. The number of hydrogen-bond donors (Lipinski definition) is 2. The zero-order valence-corrected chi connectivity index (χ0v) is 12.5. The van der Waals surface area contributed by atoms with Gasteiger partial charge in [0.1, 0.15) is 5.75 Å². The van der Waals surface area contributed by atoms with Crippen LogP contribution in [-0.2, 0) is 6.42 Å². The lowest BCUT2D eigenvalue weighted by Gasteiger charge is -2.13. The van der Waals surface area contributed by atoms with Crippen LogP contribution < -0.4 is 15.8 Å². The van der Waals surface area contributed by atoms with E-state index in [2.05, 4.69) is 37.4 Å². The average molecular weight is 264 g/mol. The van der Waals surface area contributed by atoms with Gasteiger partial charge in [-0.15, -0.1) is 0 Å². The highest BCUT2D eigenvalue weighted by Gasteiger charge is 2.06. The molecule has 3 N–H and O–H groups in total. The Kier molecular flexibility index (Phi) is 7.53. The van der Waals surface area contributed by atoms with Gasteiger partial charge in [-0.2, -0.15) is 0 Å². The molecule has 0 heterocycles. The molecule has 0 spiro atoms. The predicted octanol–water partition coefficient (Wildman–Crippen LogP) is 2.69. The molecular formula is C16H28N2O. The van der Waals surface area contributed by atoms with Gasteiger partial charge < -0.3 is 15.8 Å². The molecule has 3 heteroatoms. The summed E-state index contributed by atoms with van der Waals surface area (Å²) in [5.41, 5.74) is 8.07. The van der Waals surface area contributed by atoms with Crippen LogP contribution in [-0.4, -0.2) is 26.7 Å². The van der Waals surface area contributed by atoms with Crippen LogP contribution in [0.4, 0.5) is 0 Å². The summed E-state index contributed by atoms with van der Waals surface area (Å²) >= 11 is 0. The Balaban J connectivity index is 2.44. The van der Waals surface area contributed by atoms with E-state index in [-0.39, 0.29) is 0 Å². The van der Waals surface area contributed by atoms with Gasteiger partial charge in [-0.25, -0.2) is 0 Å². The maximum absolute atomic E-state index is 5.49. The van der Waals surface area contributed by atoms with Crippen LogP contribution in [0, 0.1) is 0 Å². The highest BCUT2D eigenvalue weighted by atomic mass is 16.5. The topological polar surface area (TPSA) is 47.3 Å². The van der Waals surface area contributed by atoms with E-state index < -0.39 is 0 Å². The number of nitrogens with one attached hydrogen (secondary N) is 1. The maximum atomic E-state index is 5.49. The van der Waals surface area contributed by atoms with Gasteiger partial charge >= 0.3 is 0 Å². The highest BCUT2D eigenvalue weighted by Crippen LogP contribution is 2.24. The number of hydrogen-bond acceptors (Lipinski definition) is 3. The molecule has 0 saturated heterocycles. The second-order valence-electron chi connectivity index (χ2n) is 5.22. The number of ether oxygens (including phenoxy) is 1. The molecule has 1 aromatic carbocycles. The smallest absolute Gasteiger partial charge is 0.122 e. The Morgan fingerprint density at radius 1 is 1.21 bits per heavy atom. The summed E-state index contributed by atoms with van der Waals surface area (Å²) < 4.78 is 5.49. The van der Waals surface area contributed by atoms with Gasteiger partial charge in [-0.05, 0) is 62.0 Å². The van der Waals surface area contributed by atoms with E-state index in [9.17, 15) is 0 Å². The van der Waals surface area contributed by atoms with Crippen LogP contribution >= 0.6 is 0 Å². The average Bonchev–Trinajstić information content (AvgIpc) is 2.42. The fourth-order valence-electron chi connectivity index (χ4n) is 2.07. The third kappa shape index (κ3) is 5.62. The molecule has 1 rings (SSSR count). The third-order valence-corrected chi connectivity index (χ3v) is 3.36. The Morgan fingerprint density at radius 2 is 2.00 bits per heavy atom. The van der Waals surface area contributed by atoms with E-state index in [1.165, 1.54) is 11.1 Å². The summed E-state index contributed by atoms with van der Waals surface area (Å²) in [4.78, 5) is 0. The van der Waals surface area contributed by atoms with Crippen molar-refractivity contribution in [2.75, 3.05) is 26.7 Å². The van der Waals surface area contributed by atoms with Gasteiger partial charge in [-0.1, -0.05) is 26.0 Å². The number of nitrogens with two attached hydrogens (primary N) is 1. The van der Waals surface area contributed by atoms with Crippen LogP contribution in [0.15, 0.2) is 18.2 Å². The van der Waals surface area contributed by atoms with Crippen LogP contribution in [0.5, 0.6) is 5.75 Å². The van der Waals surface area contributed by atoms with Gasteiger partial charge in [0.2, 0.25) is 0 Å². The third-order valence-electron chi connectivity index (χ3n) is 3.36. The van der Waals surface area contributed by atoms with E-state index >= 15 is 0 Å². The summed E-state index contributed by atoms with van der Waals surface area (Å²) in [6, 6.07) is 6.56. The van der Waals surface area contributed by atoms with Crippen molar-refractivity contribution >= 4 is 0 Å². The van der Waals surface area contributed by atoms with Gasteiger partial charge in [-0.3, -0.25) is 0 Å². The fraction of sp³-hybridized carbons (Fsp3) is 0.625. The molecule has 0 aliphatic heterocycles. The van der Waals surface area contributed by atoms with E-state index in [0.717, 1.165) is 44.6 Å². The quantitative estimate of drug-likeness (QED) is 0.674. The van der Waals surface area contributed by atoms with Crippen LogP contribution in [0.3, 0.4) is 0 Å². The first-order valence-electron chi connectivity index (χ1n) is 7.26. The molecule has 0 fully saturated rings. The van der Waals surface area contributed by atoms with E-state index in [0.29, 0.717) is 5.92 Å². The fourth-order valence-corrected chi connectivity index (χ4v) is 2.07. The summed E-state index contributed by atoms with van der Waals surface area (Å²) in [5.74, 6) is 1.55. The summed E-state index contributed by atoms with van der Waals surface area (Å²) in [6.07, 6.45) is 3.25. The SMILES string of the molecule is COc1cc(C(C)C)ccc1CCNCCCCN. The first kappa shape index (κ1) is 16.0. The number of rotatable bonds is 9. The second-order valence-corrected chi connectivity index (χ2v) is 5.22. The maximum Gasteiger partial charge on any atom is 0.122 e. The molecule has 0 aliphatic rings. The molecule has 19 heavy (non-hydrogen) atoms. The molecule has 1 aromatic rings. The van der Waals surface area contributed by atoms with Crippen molar-refractivity contribution < 1.29 is 4.74 Å².